The minimum atomic E-state index is -0.271. The van der Waals surface area contributed by atoms with E-state index in [0.29, 0.717) is 39.2 Å². The van der Waals surface area contributed by atoms with Crippen LogP contribution in [-0.2, 0) is 9.53 Å². The zero-order valence-corrected chi connectivity index (χ0v) is 13.8. The molecule has 0 aromatic carbocycles. The molecule has 126 valence electrons. The molecule has 2 saturated heterocycles. The monoisotopic (exact) mass is 312 g/mol. The average molecular weight is 312 g/mol. The van der Waals surface area contributed by atoms with Crippen molar-refractivity contribution in [2.45, 2.75) is 13.3 Å². The fourth-order valence-electron chi connectivity index (χ4n) is 2.84. The number of piperazine rings is 2. The lowest BCUT2D eigenvalue weighted by molar-refractivity contribution is -0.133. The van der Waals surface area contributed by atoms with Gasteiger partial charge >= 0.3 is 6.09 Å². The van der Waals surface area contributed by atoms with E-state index in [4.69, 9.17) is 4.74 Å². The fourth-order valence-corrected chi connectivity index (χ4v) is 2.84. The van der Waals surface area contributed by atoms with Gasteiger partial charge in [0.15, 0.2) is 0 Å². The zero-order valence-electron chi connectivity index (χ0n) is 13.8. The first-order valence-corrected chi connectivity index (χ1v) is 8.20. The summed E-state index contributed by atoms with van der Waals surface area (Å²) >= 11 is 0. The lowest BCUT2D eigenvalue weighted by Crippen LogP contribution is -2.51. The molecule has 2 aliphatic rings. The van der Waals surface area contributed by atoms with Gasteiger partial charge < -0.3 is 24.3 Å². The SMILES string of the molecule is CCOC(=O)N1CCN(C(=O)CCN2CCN(C)CC2)CC1. The molecule has 22 heavy (non-hydrogen) atoms. The van der Waals surface area contributed by atoms with Crippen LogP contribution in [0.1, 0.15) is 13.3 Å². The average Bonchev–Trinajstić information content (AvgIpc) is 2.54. The van der Waals surface area contributed by atoms with Gasteiger partial charge in [0.25, 0.3) is 0 Å². The Morgan fingerprint density at radius 1 is 0.909 bits per heavy atom. The molecule has 0 aliphatic carbocycles. The van der Waals surface area contributed by atoms with Gasteiger partial charge in [-0.1, -0.05) is 0 Å². The molecule has 2 aliphatic heterocycles. The molecule has 0 spiro atoms. The number of carbonyl (C=O) groups is 2. The molecule has 0 unspecified atom stereocenters. The molecule has 0 atom stereocenters. The van der Waals surface area contributed by atoms with E-state index in [1.165, 1.54) is 0 Å². The standard InChI is InChI=1S/C15H28N4O3/c1-3-22-15(21)19-12-10-18(11-13-19)14(20)4-5-17-8-6-16(2)7-9-17/h3-13H2,1-2H3. The topological polar surface area (TPSA) is 56.3 Å². The third kappa shape index (κ3) is 4.84. The van der Waals surface area contributed by atoms with E-state index in [-0.39, 0.29) is 12.0 Å². The smallest absolute Gasteiger partial charge is 0.409 e. The van der Waals surface area contributed by atoms with E-state index in [9.17, 15) is 9.59 Å². The Labute approximate surface area is 132 Å². The summed E-state index contributed by atoms with van der Waals surface area (Å²) in [7, 11) is 2.13. The third-order valence-corrected chi connectivity index (χ3v) is 4.40. The fraction of sp³-hybridized carbons (Fsp3) is 0.867. The molecule has 2 heterocycles. The minimum absolute atomic E-state index is 0.197. The van der Waals surface area contributed by atoms with Crippen molar-refractivity contribution in [3.05, 3.63) is 0 Å². The molecule has 0 N–H and O–H groups in total. The second-order valence-electron chi connectivity index (χ2n) is 5.96. The quantitative estimate of drug-likeness (QED) is 0.727. The predicted molar refractivity (Wildman–Crippen MR) is 83.7 cm³/mol. The molecule has 7 nitrogen and oxygen atoms in total. The van der Waals surface area contributed by atoms with Gasteiger partial charge in [-0.05, 0) is 14.0 Å². The van der Waals surface area contributed by atoms with Crippen molar-refractivity contribution in [1.29, 1.82) is 0 Å². The first-order valence-electron chi connectivity index (χ1n) is 8.20. The van der Waals surface area contributed by atoms with Gasteiger partial charge in [0.05, 0.1) is 6.61 Å². The highest BCUT2D eigenvalue weighted by molar-refractivity contribution is 5.77. The van der Waals surface area contributed by atoms with Crippen molar-refractivity contribution in [2.24, 2.45) is 0 Å². The molecule has 0 radical (unpaired) electrons. The summed E-state index contributed by atoms with van der Waals surface area (Å²) < 4.78 is 4.99. The van der Waals surface area contributed by atoms with Crippen LogP contribution >= 0.6 is 0 Å². The molecule has 7 heteroatoms. The maximum absolute atomic E-state index is 12.3. The molecule has 0 saturated carbocycles. The molecule has 2 fully saturated rings. The van der Waals surface area contributed by atoms with Crippen molar-refractivity contribution >= 4 is 12.0 Å². The minimum Gasteiger partial charge on any atom is -0.450 e. The van der Waals surface area contributed by atoms with Crippen LogP contribution in [0.4, 0.5) is 4.79 Å². The van der Waals surface area contributed by atoms with Crippen molar-refractivity contribution in [3.63, 3.8) is 0 Å². The number of ether oxygens (including phenoxy) is 1. The van der Waals surface area contributed by atoms with E-state index in [1.54, 1.807) is 11.8 Å². The van der Waals surface area contributed by atoms with Crippen LogP contribution in [-0.4, -0.2) is 104 Å². The van der Waals surface area contributed by atoms with E-state index >= 15 is 0 Å². The number of nitrogens with zero attached hydrogens (tertiary/aromatic N) is 4. The Morgan fingerprint density at radius 3 is 2.09 bits per heavy atom. The largest absolute Gasteiger partial charge is 0.450 e. The van der Waals surface area contributed by atoms with Crippen LogP contribution in [0.3, 0.4) is 0 Å². The molecule has 0 bridgehead atoms. The van der Waals surface area contributed by atoms with Gasteiger partial charge in [-0.2, -0.15) is 0 Å². The summed E-state index contributed by atoms with van der Waals surface area (Å²) in [5.41, 5.74) is 0. The maximum atomic E-state index is 12.3. The number of amides is 2. The number of likely N-dealkylation sites (N-methyl/N-ethyl adjacent to an activating group) is 1. The third-order valence-electron chi connectivity index (χ3n) is 4.40. The number of hydrogen-bond acceptors (Lipinski definition) is 5. The summed E-state index contributed by atoms with van der Waals surface area (Å²) in [6, 6.07) is 0. The molecule has 2 amide bonds. The van der Waals surface area contributed by atoms with Crippen LogP contribution in [0.25, 0.3) is 0 Å². The second-order valence-corrected chi connectivity index (χ2v) is 5.96. The highest BCUT2D eigenvalue weighted by Crippen LogP contribution is 2.07. The van der Waals surface area contributed by atoms with Gasteiger partial charge in [0.2, 0.25) is 5.91 Å². The van der Waals surface area contributed by atoms with E-state index in [0.717, 1.165) is 32.7 Å². The molecule has 0 aromatic rings. The molecular weight excluding hydrogens is 284 g/mol. The van der Waals surface area contributed by atoms with Crippen LogP contribution in [0, 0.1) is 0 Å². The van der Waals surface area contributed by atoms with Crippen molar-refractivity contribution in [3.8, 4) is 0 Å². The number of hydrogen-bond donors (Lipinski definition) is 0. The lowest BCUT2D eigenvalue weighted by atomic mass is 10.2. The summed E-state index contributed by atoms with van der Waals surface area (Å²) in [5.74, 6) is 0.197. The molecule has 2 rings (SSSR count). The van der Waals surface area contributed by atoms with Crippen molar-refractivity contribution in [1.82, 2.24) is 19.6 Å². The number of carbonyl (C=O) groups excluding carboxylic acids is 2. The van der Waals surface area contributed by atoms with Crippen LogP contribution in [0.5, 0.6) is 0 Å². The van der Waals surface area contributed by atoms with E-state index < -0.39 is 0 Å². The normalized spacial score (nSPS) is 21.0. The Bertz CT molecular complexity index is 375. The zero-order chi connectivity index (χ0) is 15.9. The first-order chi connectivity index (χ1) is 10.6. The summed E-state index contributed by atoms with van der Waals surface area (Å²) in [5, 5.41) is 0. The predicted octanol–water partition coefficient (Wildman–Crippen LogP) is -0.0754. The Balaban J connectivity index is 1.66. The summed E-state index contributed by atoms with van der Waals surface area (Å²) in [6.45, 7) is 9.63. The first kappa shape index (κ1) is 17.0. The Hall–Kier alpha value is -1.34. The summed E-state index contributed by atoms with van der Waals surface area (Å²) in [4.78, 5) is 32.1. The lowest BCUT2D eigenvalue weighted by Gasteiger charge is -2.35. The van der Waals surface area contributed by atoms with Crippen LogP contribution < -0.4 is 0 Å². The molecule has 0 aromatic heterocycles. The van der Waals surface area contributed by atoms with E-state index in [2.05, 4.69) is 16.8 Å². The van der Waals surface area contributed by atoms with Crippen molar-refractivity contribution < 1.29 is 14.3 Å². The Kier molecular flexibility index (Phi) is 6.45. The highest BCUT2D eigenvalue weighted by Gasteiger charge is 2.25. The van der Waals surface area contributed by atoms with Crippen molar-refractivity contribution in [2.75, 3.05) is 72.6 Å². The summed E-state index contributed by atoms with van der Waals surface area (Å²) in [6.07, 6.45) is 0.301. The highest BCUT2D eigenvalue weighted by atomic mass is 16.6. The van der Waals surface area contributed by atoms with Gasteiger partial charge in [-0.3, -0.25) is 4.79 Å². The van der Waals surface area contributed by atoms with Crippen LogP contribution in [0.2, 0.25) is 0 Å². The number of rotatable bonds is 4. The van der Waals surface area contributed by atoms with E-state index in [1.807, 2.05) is 4.90 Å². The van der Waals surface area contributed by atoms with Gasteiger partial charge in [0.1, 0.15) is 0 Å². The molecular formula is C15H28N4O3. The van der Waals surface area contributed by atoms with Crippen LogP contribution in [0.15, 0.2) is 0 Å². The van der Waals surface area contributed by atoms with Gasteiger partial charge in [0, 0.05) is 65.3 Å². The van der Waals surface area contributed by atoms with Gasteiger partial charge in [-0.25, -0.2) is 4.79 Å². The second kappa shape index (κ2) is 8.33. The Morgan fingerprint density at radius 2 is 1.50 bits per heavy atom. The maximum Gasteiger partial charge on any atom is 0.409 e. The van der Waals surface area contributed by atoms with Gasteiger partial charge in [-0.15, -0.1) is 0 Å².